The quantitative estimate of drug-likeness (QED) is 0.449. The first-order valence-corrected chi connectivity index (χ1v) is 10.8. The van der Waals surface area contributed by atoms with E-state index in [2.05, 4.69) is 43.8 Å². The van der Waals surface area contributed by atoms with Gasteiger partial charge < -0.3 is 0 Å². The van der Waals surface area contributed by atoms with Crippen molar-refractivity contribution in [2.24, 2.45) is 17.8 Å². The molecule has 0 heterocycles. The first-order valence-electron chi connectivity index (χ1n) is 10.8. The van der Waals surface area contributed by atoms with Crippen LogP contribution in [-0.2, 0) is 6.42 Å². The standard InChI is InChI=1S/C25H34F2/c1-3-5-20-6-12-22(13-7-20)23-14-8-21(9-15-23)11-17-24-16-10-19(4-2)18-25(24,26)27/h4,6-7,11-13,17,19,21,23-24H,2-3,5,8-10,14-16,18H2,1H3/b17-11+. The Morgan fingerprint density at radius 3 is 2.22 bits per heavy atom. The monoisotopic (exact) mass is 372 g/mol. The molecule has 0 radical (unpaired) electrons. The van der Waals surface area contributed by atoms with Crippen LogP contribution in [0.1, 0.15) is 75.3 Å². The van der Waals surface area contributed by atoms with E-state index in [9.17, 15) is 8.78 Å². The van der Waals surface area contributed by atoms with Crippen LogP contribution in [0, 0.1) is 17.8 Å². The summed E-state index contributed by atoms with van der Waals surface area (Å²) in [6.07, 6.45) is 13.9. The van der Waals surface area contributed by atoms with Crippen LogP contribution in [0.2, 0.25) is 0 Å². The molecule has 2 heteroatoms. The van der Waals surface area contributed by atoms with Crippen LogP contribution in [0.5, 0.6) is 0 Å². The van der Waals surface area contributed by atoms with Crippen LogP contribution in [0.25, 0.3) is 0 Å². The van der Waals surface area contributed by atoms with E-state index in [4.69, 9.17) is 0 Å². The van der Waals surface area contributed by atoms with Crippen LogP contribution in [-0.4, -0.2) is 5.92 Å². The van der Waals surface area contributed by atoms with Crippen LogP contribution in [0.3, 0.4) is 0 Å². The molecule has 0 aliphatic heterocycles. The van der Waals surface area contributed by atoms with Gasteiger partial charge in [-0.15, -0.1) is 6.58 Å². The molecule has 2 fully saturated rings. The largest absolute Gasteiger partial charge is 0.254 e. The van der Waals surface area contributed by atoms with Gasteiger partial charge in [-0.25, -0.2) is 8.78 Å². The number of hydrogen-bond donors (Lipinski definition) is 0. The minimum atomic E-state index is -2.58. The molecule has 1 aromatic rings. The molecular weight excluding hydrogens is 338 g/mol. The number of allylic oxidation sites excluding steroid dienone is 3. The molecule has 2 aliphatic rings. The van der Waals surface area contributed by atoms with Crippen molar-refractivity contribution in [1.82, 2.24) is 0 Å². The number of halogens is 2. The zero-order valence-corrected chi connectivity index (χ0v) is 16.7. The number of benzene rings is 1. The molecule has 27 heavy (non-hydrogen) atoms. The summed E-state index contributed by atoms with van der Waals surface area (Å²) in [5.74, 6) is -2.09. The van der Waals surface area contributed by atoms with Crippen molar-refractivity contribution in [2.75, 3.05) is 0 Å². The highest BCUT2D eigenvalue weighted by atomic mass is 19.3. The van der Waals surface area contributed by atoms with Crippen molar-refractivity contribution in [1.29, 1.82) is 0 Å². The van der Waals surface area contributed by atoms with E-state index in [1.165, 1.54) is 30.4 Å². The Hall–Kier alpha value is -1.44. The van der Waals surface area contributed by atoms with Gasteiger partial charge in [-0.05, 0) is 73.8 Å². The summed E-state index contributed by atoms with van der Waals surface area (Å²) >= 11 is 0. The van der Waals surface area contributed by atoms with Crippen LogP contribution < -0.4 is 0 Å². The fourth-order valence-corrected chi connectivity index (χ4v) is 4.83. The van der Waals surface area contributed by atoms with E-state index in [-0.39, 0.29) is 12.3 Å². The van der Waals surface area contributed by atoms with Crippen LogP contribution in [0.4, 0.5) is 8.78 Å². The Morgan fingerprint density at radius 1 is 0.963 bits per heavy atom. The van der Waals surface area contributed by atoms with Crippen molar-refractivity contribution in [2.45, 2.75) is 76.6 Å². The van der Waals surface area contributed by atoms with E-state index in [0.717, 1.165) is 25.7 Å². The summed E-state index contributed by atoms with van der Waals surface area (Å²) in [5.41, 5.74) is 2.87. The van der Waals surface area contributed by atoms with Gasteiger partial charge in [0.15, 0.2) is 0 Å². The summed E-state index contributed by atoms with van der Waals surface area (Å²) in [7, 11) is 0. The smallest absolute Gasteiger partial charge is 0.206 e. The Morgan fingerprint density at radius 2 is 1.63 bits per heavy atom. The lowest BCUT2D eigenvalue weighted by Gasteiger charge is -2.34. The summed E-state index contributed by atoms with van der Waals surface area (Å²) in [5, 5.41) is 0. The van der Waals surface area contributed by atoms with E-state index >= 15 is 0 Å². The van der Waals surface area contributed by atoms with Gasteiger partial charge in [0.1, 0.15) is 0 Å². The molecule has 2 saturated carbocycles. The maximum atomic E-state index is 14.3. The van der Waals surface area contributed by atoms with Gasteiger partial charge >= 0.3 is 0 Å². The average molecular weight is 373 g/mol. The molecule has 148 valence electrons. The van der Waals surface area contributed by atoms with Gasteiger partial charge in [-0.2, -0.15) is 0 Å². The second-order valence-corrected chi connectivity index (χ2v) is 8.63. The van der Waals surface area contributed by atoms with Crippen LogP contribution >= 0.6 is 0 Å². The topological polar surface area (TPSA) is 0 Å². The van der Waals surface area contributed by atoms with Crippen molar-refractivity contribution in [3.63, 3.8) is 0 Å². The molecular formula is C25H34F2. The second-order valence-electron chi connectivity index (χ2n) is 8.63. The zero-order valence-electron chi connectivity index (χ0n) is 16.7. The molecule has 1 aromatic carbocycles. The fraction of sp³-hybridized carbons (Fsp3) is 0.600. The molecule has 0 saturated heterocycles. The van der Waals surface area contributed by atoms with E-state index in [1.807, 2.05) is 6.08 Å². The maximum absolute atomic E-state index is 14.3. The highest BCUT2D eigenvalue weighted by Gasteiger charge is 2.42. The summed E-state index contributed by atoms with van der Waals surface area (Å²) in [4.78, 5) is 0. The van der Waals surface area contributed by atoms with Gasteiger partial charge in [-0.3, -0.25) is 0 Å². The van der Waals surface area contributed by atoms with Gasteiger partial charge in [0.25, 0.3) is 5.92 Å². The SMILES string of the molecule is C=CC1CCC(/C=C/C2CCC(c3ccc(CCC)cc3)CC2)C(F)(F)C1. The van der Waals surface area contributed by atoms with Gasteiger partial charge in [0, 0.05) is 12.3 Å². The summed E-state index contributed by atoms with van der Waals surface area (Å²) < 4.78 is 28.7. The Kier molecular flexibility index (Phi) is 6.89. The molecule has 0 nitrogen and oxygen atoms in total. The molecule has 2 unspecified atom stereocenters. The molecule has 0 N–H and O–H groups in total. The zero-order chi connectivity index (χ0) is 19.3. The number of aryl methyl sites for hydroxylation is 1. The first kappa shape index (κ1) is 20.3. The second kappa shape index (κ2) is 9.17. The van der Waals surface area contributed by atoms with Gasteiger partial charge in [-0.1, -0.05) is 55.8 Å². The normalized spacial score (nSPS) is 31.1. The maximum Gasteiger partial charge on any atom is 0.254 e. The number of rotatable bonds is 6. The minimum Gasteiger partial charge on any atom is -0.206 e. The third-order valence-corrected chi connectivity index (χ3v) is 6.64. The van der Waals surface area contributed by atoms with E-state index in [0.29, 0.717) is 18.3 Å². The molecule has 2 aliphatic carbocycles. The minimum absolute atomic E-state index is 0.0243. The third-order valence-electron chi connectivity index (χ3n) is 6.64. The Bertz CT molecular complexity index is 620. The van der Waals surface area contributed by atoms with Crippen molar-refractivity contribution < 1.29 is 8.78 Å². The van der Waals surface area contributed by atoms with Crippen molar-refractivity contribution in [3.8, 4) is 0 Å². The molecule has 2 atom stereocenters. The molecule has 0 aromatic heterocycles. The molecule has 0 bridgehead atoms. The fourth-order valence-electron chi connectivity index (χ4n) is 4.83. The van der Waals surface area contributed by atoms with Crippen LogP contribution in [0.15, 0.2) is 49.1 Å². The first-order chi connectivity index (χ1) is 13.0. The predicted molar refractivity (Wildman–Crippen MR) is 110 cm³/mol. The van der Waals surface area contributed by atoms with Crippen molar-refractivity contribution >= 4 is 0 Å². The van der Waals surface area contributed by atoms with E-state index < -0.39 is 11.8 Å². The predicted octanol–water partition coefficient (Wildman–Crippen LogP) is 7.71. The van der Waals surface area contributed by atoms with Crippen molar-refractivity contribution in [3.05, 3.63) is 60.2 Å². The van der Waals surface area contributed by atoms with Gasteiger partial charge in [0.05, 0.1) is 0 Å². The molecule has 3 rings (SSSR count). The Balaban J connectivity index is 1.50. The number of alkyl halides is 2. The third kappa shape index (κ3) is 5.30. The van der Waals surface area contributed by atoms with Gasteiger partial charge in [0.2, 0.25) is 0 Å². The van der Waals surface area contributed by atoms with E-state index in [1.54, 1.807) is 6.08 Å². The lowest BCUT2D eigenvalue weighted by molar-refractivity contribution is -0.0784. The highest BCUT2D eigenvalue weighted by molar-refractivity contribution is 5.26. The average Bonchev–Trinajstić information content (AvgIpc) is 2.68. The lowest BCUT2D eigenvalue weighted by Crippen LogP contribution is -2.34. The Labute approximate surface area is 163 Å². The highest BCUT2D eigenvalue weighted by Crippen LogP contribution is 2.43. The lowest BCUT2D eigenvalue weighted by atomic mass is 9.76. The summed E-state index contributed by atoms with van der Waals surface area (Å²) in [6, 6.07) is 9.13. The molecule has 0 spiro atoms. The molecule has 0 amide bonds. The number of hydrogen-bond acceptors (Lipinski definition) is 0. The summed E-state index contributed by atoms with van der Waals surface area (Å²) in [6.45, 7) is 5.90.